The quantitative estimate of drug-likeness (QED) is 0.679. The number of nitrogens with zero attached hydrogens (tertiary/aromatic N) is 2. The average Bonchev–Trinajstić information content (AvgIpc) is 2.55. The summed E-state index contributed by atoms with van der Waals surface area (Å²) in [5, 5.41) is 0. The Morgan fingerprint density at radius 2 is 1.48 bits per heavy atom. The lowest BCUT2D eigenvalue weighted by molar-refractivity contribution is 0.0970. The van der Waals surface area contributed by atoms with Crippen LogP contribution in [0.5, 0.6) is 0 Å². The molecule has 0 amide bonds. The molecule has 0 aliphatic heterocycles. The van der Waals surface area contributed by atoms with Gasteiger partial charge in [0.25, 0.3) is 0 Å². The fraction of sp³-hybridized carbons (Fsp3) is 0.0556. The number of para-hydroxylation sites is 2. The van der Waals surface area contributed by atoms with Crippen LogP contribution < -0.4 is 0 Å². The summed E-state index contributed by atoms with van der Waals surface area (Å²) < 4.78 is 0. The van der Waals surface area contributed by atoms with Gasteiger partial charge in [-0.05, 0) is 23.8 Å². The van der Waals surface area contributed by atoms with Crippen LogP contribution in [0.2, 0.25) is 0 Å². The fourth-order valence-corrected chi connectivity index (χ4v) is 2.66. The van der Waals surface area contributed by atoms with Crippen molar-refractivity contribution in [1.82, 2.24) is 9.97 Å². The lowest BCUT2D eigenvalue weighted by atomic mass is 9.88. The molecule has 3 nitrogen and oxygen atoms in total. The molecule has 0 fully saturated rings. The smallest absolute Gasteiger partial charge is 0.194 e. The molecule has 4 rings (SSSR count). The minimum absolute atomic E-state index is 0.0111. The maximum Gasteiger partial charge on any atom is 0.194 e. The highest BCUT2D eigenvalue weighted by molar-refractivity contribution is 6.06. The van der Waals surface area contributed by atoms with Crippen molar-refractivity contribution in [3.8, 4) is 0 Å². The topological polar surface area (TPSA) is 42.9 Å². The fourth-order valence-electron chi connectivity index (χ4n) is 2.66. The summed E-state index contributed by atoms with van der Waals surface area (Å²) >= 11 is 0. The van der Waals surface area contributed by atoms with E-state index in [0.29, 0.717) is 11.4 Å². The summed E-state index contributed by atoms with van der Waals surface area (Å²) in [6.45, 7) is 0. The van der Waals surface area contributed by atoms with Gasteiger partial charge < -0.3 is 0 Å². The Morgan fingerprint density at radius 3 is 2.24 bits per heavy atom. The summed E-state index contributed by atoms with van der Waals surface area (Å²) in [4.78, 5) is 21.7. The van der Waals surface area contributed by atoms with Crippen molar-refractivity contribution in [2.45, 2.75) is 5.92 Å². The van der Waals surface area contributed by atoms with Crippen LogP contribution in [-0.2, 0) is 0 Å². The molecule has 21 heavy (non-hydrogen) atoms. The third kappa shape index (κ3) is 1.94. The van der Waals surface area contributed by atoms with Gasteiger partial charge in [-0.3, -0.25) is 4.79 Å². The number of hydrogen-bond donors (Lipinski definition) is 0. The Hall–Kier alpha value is -2.81. The van der Waals surface area contributed by atoms with Crippen molar-refractivity contribution in [2.24, 2.45) is 0 Å². The second-order valence-corrected chi connectivity index (χ2v) is 5.06. The standard InChI is InChI=1S/C18H12N2O/c21-18-13(12-6-2-1-3-7-12)10-11-16-17(18)20-15-9-5-4-8-14(15)19-16/h1-11,13H. The molecule has 0 radical (unpaired) electrons. The monoisotopic (exact) mass is 272 g/mol. The van der Waals surface area contributed by atoms with E-state index in [4.69, 9.17) is 0 Å². The molecule has 0 saturated carbocycles. The van der Waals surface area contributed by atoms with Crippen molar-refractivity contribution in [1.29, 1.82) is 0 Å². The summed E-state index contributed by atoms with van der Waals surface area (Å²) in [5.74, 6) is -0.258. The molecular weight excluding hydrogens is 260 g/mol. The molecule has 3 aromatic rings. The van der Waals surface area contributed by atoms with Crippen LogP contribution in [0.4, 0.5) is 0 Å². The second kappa shape index (κ2) is 4.63. The highest BCUT2D eigenvalue weighted by Gasteiger charge is 2.27. The van der Waals surface area contributed by atoms with Gasteiger partial charge in [-0.15, -0.1) is 0 Å². The van der Waals surface area contributed by atoms with Crippen LogP contribution in [-0.4, -0.2) is 15.8 Å². The molecule has 0 spiro atoms. The van der Waals surface area contributed by atoms with E-state index >= 15 is 0 Å². The van der Waals surface area contributed by atoms with Gasteiger partial charge >= 0.3 is 0 Å². The van der Waals surface area contributed by atoms with Crippen LogP contribution in [0, 0.1) is 0 Å². The molecule has 0 saturated heterocycles. The number of rotatable bonds is 1. The molecule has 3 heteroatoms. The second-order valence-electron chi connectivity index (χ2n) is 5.06. The van der Waals surface area contributed by atoms with Crippen molar-refractivity contribution >= 4 is 22.9 Å². The highest BCUT2D eigenvalue weighted by Crippen LogP contribution is 2.29. The molecule has 1 heterocycles. The maximum absolute atomic E-state index is 12.7. The van der Waals surface area contributed by atoms with E-state index in [1.54, 1.807) is 0 Å². The number of carbonyl (C=O) groups is 1. The van der Waals surface area contributed by atoms with Crippen LogP contribution >= 0.6 is 0 Å². The first-order valence-electron chi connectivity index (χ1n) is 6.87. The number of allylic oxidation sites excluding steroid dienone is 1. The largest absolute Gasteiger partial charge is 0.291 e. The Labute approximate surface area is 122 Å². The molecule has 0 bridgehead atoms. The number of benzene rings is 2. The number of Topliss-reactive ketones (excluding diaryl/α,β-unsaturated/α-hetero) is 1. The number of carbonyl (C=O) groups excluding carboxylic acids is 1. The van der Waals surface area contributed by atoms with Crippen LogP contribution in [0.3, 0.4) is 0 Å². The van der Waals surface area contributed by atoms with Gasteiger partial charge in [0.1, 0.15) is 5.69 Å². The van der Waals surface area contributed by atoms with Crippen molar-refractivity contribution in [3.63, 3.8) is 0 Å². The van der Waals surface area contributed by atoms with Crippen molar-refractivity contribution in [2.75, 3.05) is 0 Å². The molecule has 1 aliphatic rings. The first-order chi connectivity index (χ1) is 10.3. The molecule has 1 atom stereocenters. The molecule has 1 aromatic heterocycles. The van der Waals surface area contributed by atoms with Crippen LogP contribution in [0.1, 0.15) is 27.7 Å². The lowest BCUT2D eigenvalue weighted by Gasteiger charge is -2.17. The lowest BCUT2D eigenvalue weighted by Crippen LogP contribution is -2.18. The van der Waals surface area contributed by atoms with Crippen molar-refractivity contribution in [3.05, 3.63) is 77.6 Å². The third-order valence-corrected chi connectivity index (χ3v) is 3.72. The normalized spacial score (nSPS) is 17.0. The SMILES string of the molecule is O=C1c2nc3ccccc3nc2C=CC1c1ccccc1. The zero-order valence-corrected chi connectivity index (χ0v) is 11.2. The van der Waals surface area contributed by atoms with E-state index in [9.17, 15) is 4.79 Å². The summed E-state index contributed by atoms with van der Waals surface area (Å²) in [5.41, 5.74) is 3.67. The minimum atomic E-state index is -0.269. The van der Waals surface area contributed by atoms with Crippen LogP contribution in [0.15, 0.2) is 60.7 Å². The van der Waals surface area contributed by atoms with Gasteiger partial charge in [0.2, 0.25) is 0 Å². The Morgan fingerprint density at radius 1 is 0.810 bits per heavy atom. The van der Waals surface area contributed by atoms with Gasteiger partial charge in [-0.25, -0.2) is 9.97 Å². The molecular formula is C18H12N2O. The van der Waals surface area contributed by atoms with E-state index in [0.717, 1.165) is 16.6 Å². The summed E-state index contributed by atoms with van der Waals surface area (Å²) in [7, 11) is 0. The summed E-state index contributed by atoms with van der Waals surface area (Å²) in [6.07, 6.45) is 3.80. The van der Waals surface area contributed by atoms with Gasteiger partial charge in [0, 0.05) is 0 Å². The number of hydrogen-bond acceptors (Lipinski definition) is 3. The molecule has 1 unspecified atom stereocenters. The summed E-state index contributed by atoms with van der Waals surface area (Å²) in [6, 6.07) is 17.4. The van der Waals surface area contributed by atoms with Gasteiger partial charge in [-0.1, -0.05) is 48.5 Å². The molecule has 0 N–H and O–H groups in total. The van der Waals surface area contributed by atoms with Crippen molar-refractivity contribution < 1.29 is 4.79 Å². The molecule has 100 valence electrons. The van der Waals surface area contributed by atoms with E-state index in [2.05, 4.69) is 9.97 Å². The zero-order valence-electron chi connectivity index (χ0n) is 11.2. The van der Waals surface area contributed by atoms with Gasteiger partial charge in [-0.2, -0.15) is 0 Å². The Bertz CT molecular complexity index is 869. The van der Waals surface area contributed by atoms with Crippen LogP contribution in [0.25, 0.3) is 17.1 Å². The minimum Gasteiger partial charge on any atom is -0.291 e. The number of ketones is 1. The van der Waals surface area contributed by atoms with Gasteiger partial charge in [0.15, 0.2) is 5.78 Å². The predicted molar refractivity (Wildman–Crippen MR) is 82.1 cm³/mol. The number of fused-ring (bicyclic) bond motifs is 2. The molecule has 1 aliphatic carbocycles. The van der Waals surface area contributed by atoms with Gasteiger partial charge in [0.05, 0.1) is 22.6 Å². The van der Waals surface area contributed by atoms with E-state index < -0.39 is 0 Å². The first-order valence-corrected chi connectivity index (χ1v) is 6.87. The average molecular weight is 272 g/mol. The van der Waals surface area contributed by atoms with E-state index in [1.165, 1.54) is 0 Å². The third-order valence-electron chi connectivity index (χ3n) is 3.72. The predicted octanol–water partition coefficient (Wildman–Crippen LogP) is 3.62. The Balaban J connectivity index is 1.86. The zero-order chi connectivity index (χ0) is 14.2. The number of aromatic nitrogens is 2. The Kier molecular flexibility index (Phi) is 2.64. The maximum atomic E-state index is 12.7. The highest BCUT2D eigenvalue weighted by atomic mass is 16.1. The first kappa shape index (κ1) is 12.0. The van der Waals surface area contributed by atoms with E-state index in [1.807, 2.05) is 66.7 Å². The molecule has 2 aromatic carbocycles. The van der Waals surface area contributed by atoms with E-state index in [-0.39, 0.29) is 11.7 Å².